The number of nitrogens with one attached hydrogen (secondary N) is 3. The Morgan fingerprint density at radius 2 is 2.22 bits per heavy atom. The number of nitrogens with zero attached hydrogens (tertiary/aromatic N) is 1. The van der Waals surface area contributed by atoms with E-state index in [0.717, 1.165) is 0 Å². The second-order valence-corrected chi connectivity index (χ2v) is 4.53. The molecule has 1 unspecified atom stereocenters. The number of aliphatic hydroxyl groups is 3. The molecule has 1 fully saturated rings. The predicted octanol–water partition coefficient (Wildman–Crippen LogP) is -4.25. The van der Waals surface area contributed by atoms with E-state index < -0.39 is 36.0 Å². The molecule has 0 aliphatic carbocycles. The van der Waals surface area contributed by atoms with Crippen LogP contribution in [0.1, 0.15) is 6.92 Å². The number of hydrogen-bond acceptors (Lipinski definition) is 8. The number of rotatable bonds is 2. The standard InChI is InChI=1S/C9H17N5O4/c1-3(15)5(16)4-2-11-6-9(18,14-4)7(17)13-8(10)12-6/h3-6,11,14-16,18H,2H2,1H3,(H3,10,12,13,17)/t3-,4+,5-,6?,9-/m0/s1. The Balaban J connectivity index is 2.19. The number of carbonyl (C=O) groups excluding carboxylic acids is 1. The van der Waals surface area contributed by atoms with Gasteiger partial charge in [0, 0.05) is 6.54 Å². The van der Waals surface area contributed by atoms with Gasteiger partial charge >= 0.3 is 0 Å². The highest BCUT2D eigenvalue weighted by Crippen LogP contribution is 2.19. The Kier molecular flexibility index (Phi) is 3.25. The molecule has 102 valence electrons. The zero-order valence-corrected chi connectivity index (χ0v) is 9.79. The molecule has 8 N–H and O–H groups in total. The van der Waals surface area contributed by atoms with Crippen LogP contribution in [0.25, 0.3) is 0 Å². The lowest BCUT2D eigenvalue weighted by Crippen LogP contribution is -2.79. The number of piperazine rings is 1. The number of hydrogen-bond donors (Lipinski definition) is 7. The van der Waals surface area contributed by atoms with E-state index in [-0.39, 0.29) is 12.5 Å². The Labute approximate surface area is 103 Å². The molecule has 2 aliphatic heterocycles. The summed E-state index contributed by atoms with van der Waals surface area (Å²) in [6.45, 7) is 1.64. The van der Waals surface area contributed by atoms with E-state index in [9.17, 15) is 20.1 Å². The number of guanidine groups is 1. The lowest BCUT2D eigenvalue weighted by atomic mass is 9.97. The van der Waals surface area contributed by atoms with Crippen LogP contribution < -0.4 is 21.7 Å². The lowest BCUT2D eigenvalue weighted by molar-refractivity contribution is -0.155. The average molecular weight is 259 g/mol. The van der Waals surface area contributed by atoms with Crippen molar-refractivity contribution in [2.45, 2.75) is 37.1 Å². The molecule has 2 rings (SSSR count). The number of amides is 1. The van der Waals surface area contributed by atoms with Gasteiger partial charge in [0.15, 0.2) is 12.1 Å². The molecular weight excluding hydrogens is 242 g/mol. The first-order valence-electron chi connectivity index (χ1n) is 5.59. The van der Waals surface area contributed by atoms with E-state index >= 15 is 0 Å². The molecule has 9 nitrogen and oxygen atoms in total. The third-order valence-corrected chi connectivity index (χ3v) is 3.09. The minimum atomic E-state index is -2.00. The van der Waals surface area contributed by atoms with Gasteiger partial charge in [-0.15, -0.1) is 0 Å². The van der Waals surface area contributed by atoms with E-state index in [0.29, 0.717) is 0 Å². The van der Waals surface area contributed by atoms with Gasteiger partial charge < -0.3 is 21.1 Å². The van der Waals surface area contributed by atoms with Crippen molar-refractivity contribution in [2.75, 3.05) is 6.54 Å². The highest BCUT2D eigenvalue weighted by molar-refractivity contribution is 6.02. The molecular formula is C9H17N5O4. The van der Waals surface area contributed by atoms with Gasteiger partial charge in [-0.05, 0) is 6.92 Å². The lowest BCUT2D eigenvalue weighted by Gasteiger charge is -2.45. The third-order valence-electron chi connectivity index (χ3n) is 3.09. The molecule has 2 heterocycles. The van der Waals surface area contributed by atoms with Crippen LogP contribution in [0.5, 0.6) is 0 Å². The summed E-state index contributed by atoms with van der Waals surface area (Å²) in [6, 6.07) is -0.688. The number of aliphatic imine (C=N–C) groups is 1. The van der Waals surface area contributed by atoms with Gasteiger partial charge in [-0.3, -0.25) is 20.7 Å². The molecule has 9 heteroatoms. The molecule has 0 spiro atoms. The van der Waals surface area contributed by atoms with Gasteiger partial charge in [-0.1, -0.05) is 0 Å². The van der Waals surface area contributed by atoms with Crippen molar-refractivity contribution in [2.24, 2.45) is 10.7 Å². The molecule has 5 atom stereocenters. The van der Waals surface area contributed by atoms with Crippen LogP contribution in [0.3, 0.4) is 0 Å². The average Bonchev–Trinajstić information content (AvgIpc) is 2.29. The van der Waals surface area contributed by atoms with Crippen LogP contribution in [0.2, 0.25) is 0 Å². The summed E-state index contributed by atoms with van der Waals surface area (Å²) in [5.74, 6) is -0.839. The molecule has 1 saturated heterocycles. The summed E-state index contributed by atoms with van der Waals surface area (Å²) in [6.07, 6.45) is -3.05. The van der Waals surface area contributed by atoms with Gasteiger partial charge in [-0.25, -0.2) is 4.99 Å². The van der Waals surface area contributed by atoms with E-state index in [1.807, 2.05) is 0 Å². The Hall–Kier alpha value is -1.26. The first kappa shape index (κ1) is 13.2. The zero-order chi connectivity index (χ0) is 13.5. The fraction of sp³-hybridized carbons (Fsp3) is 0.778. The highest BCUT2D eigenvalue weighted by Gasteiger charge is 2.52. The number of carbonyl (C=O) groups is 1. The fourth-order valence-electron chi connectivity index (χ4n) is 2.05. The number of nitrogens with two attached hydrogens (primary N) is 1. The highest BCUT2D eigenvalue weighted by atomic mass is 16.3. The molecule has 0 radical (unpaired) electrons. The molecule has 0 bridgehead atoms. The van der Waals surface area contributed by atoms with Crippen LogP contribution in [0.15, 0.2) is 4.99 Å². The van der Waals surface area contributed by atoms with Gasteiger partial charge in [0.2, 0.25) is 5.72 Å². The second-order valence-electron chi connectivity index (χ2n) is 4.53. The fourth-order valence-corrected chi connectivity index (χ4v) is 2.05. The second kappa shape index (κ2) is 4.44. The Morgan fingerprint density at radius 3 is 2.83 bits per heavy atom. The van der Waals surface area contributed by atoms with Crippen LogP contribution in [0.4, 0.5) is 0 Å². The van der Waals surface area contributed by atoms with E-state index in [1.165, 1.54) is 6.92 Å². The summed E-state index contributed by atoms with van der Waals surface area (Å²) >= 11 is 0. The monoisotopic (exact) mass is 259 g/mol. The van der Waals surface area contributed by atoms with Gasteiger partial charge in [0.05, 0.1) is 18.2 Å². The number of aliphatic hydroxyl groups excluding tert-OH is 2. The minimum absolute atomic E-state index is 0.0847. The minimum Gasteiger partial charge on any atom is -0.391 e. The molecule has 0 aromatic carbocycles. The van der Waals surface area contributed by atoms with Crippen LogP contribution >= 0.6 is 0 Å². The Morgan fingerprint density at radius 1 is 1.56 bits per heavy atom. The van der Waals surface area contributed by atoms with Crippen LogP contribution in [0, 0.1) is 0 Å². The smallest absolute Gasteiger partial charge is 0.277 e. The molecule has 0 aromatic rings. The topological polar surface area (TPSA) is 152 Å². The Bertz CT molecular complexity index is 387. The maximum absolute atomic E-state index is 11.7. The van der Waals surface area contributed by atoms with Gasteiger partial charge in [-0.2, -0.15) is 0 Å². The van der Waals surface area contributed by atoms with Crippen molar-refractivity contribution in [1.82, 2.24) is 16.0 Å². The summed E-state index contributed by atoms with van der Waals surface area (Å²) in [5, 5.41) is 36.9. The van der Waals surface area contributed by atoms with Crippen molar-refractivity contribution < 1.29 is 20.1 Å². The first-order valence-corrected chi connectivity index (χ1v) is 5.59. The number of fused-ring (bicyclic) bond motifs is 1. The van der Waals surface area contributed by atoms with Crippen molar-refractivity contribution in [3.63, 3.8) is 0 Å². The largest absolute Gasteiger partial charge is 0.391 e. The van der Waals surface area contributed by atoms with Gasteiger partial charge in [0.25, 0.3) is 5.91 Å². The quantitative estimate of drug-likeness (QED) is 0.265. The van der Waals surface area contributed by atoms with Gasteiger partial charge in [0.1, 0.15) is 0 Å². The third kappa shape index (κ3) is 2.06. The molecule has 0 saturated carbocycles. The summed E-state index contributed by atoms with van der Waals surface area (Å²) in [5.41, 5.74) is 3.39. The summed E-state index contributed by atoms with van der Waals surface area (Å²) < 4.78 is 0. The molecule has 18 heavy (non-hydrogen) atoms. The van der Waals surface area contributed by atoms with E-state index in [4.69, 9.17) is 5.73 Å². The van der Waals surface area contributed by atoms with Crippen molar-refractivity contribution in [1.29, 1.82) is 0 Å². The summed E-state index contributed by atoms with van der Waals surface area (Å²) in [4.78, 5) is 15.6. The molecule has 1 amide bonds. The van der Waals surface area contributed by atoms with E-state index in [1.54, 1.807) is 0 Å². The SMILES string of the molecule is C[C@H](O)[C@H](O)[C@H]1CNC2N=C(N)NC(=O)[C@]2(O)N1. The molecule has 2 aliphatic rings. The maximum Gasteiger partial charge on any atom is 0.277 e. The maximum atomic E-state index is 11.7. The predicted molar refractivity (Wildman–Crippen MR) is 61.1 cm³/mol. The zero-order valence-electron chi connectivity index (χ0n) is 9.79. The van der Waals surface area contributed by atoms with E-state index in [2.05, 4.69) is 20.9 Å². The normalized spacial score (nSPS) is 39.3. The van der Waals surface area contributed by atoms with Crippen LogP contribution in [-0.2, 0) is 4.79 Å². The first-order chi connectivity index (χ1) is 8.34. The van der Waals surface area contributed by atoms with Crippen molar-refractivity contribution in [3.8, 4) is 0 Å². The summed E-state index contributed by atoms with van der Waals surface area (Å²) in [7, 11) is 0. The van der Waals surface area contributed by atoms with Crippen molar-refractivity contribution in [3.05, 3.63) is 0 Å². The molecule has 0 aromatic heterocycles. The van der Waals surface area contributed by atoms with Crippen molar-refractivity contribution >= 4 is 11.9 Å². The van der Waals surface area contributed by atoms with Crippen LogP contribution in [-0.4, -0.2) is 63.9 Å².